The maximum absolute atomic E-state index is 14.8. The van der Waals surface area contributed by atoms with Crippen LogP contribution in [0.2, 0.25) is 0 Å². The van der Waals surface area contributed by atoms with Crippen molar-refractivity contribution >= 4 is 43.6 Å². The molecule has 0 saturated carbocycles. The van der Waals surface area contributed by atoms with Crippen molar-refractivity contribution in [2.75, 3.05) is 0 Å². The number of hydrogen-bond donors (Lipinski definition) is 0. The summed E-state index contributed by atoms with van der Waals surface area (Å²) in [4.78, 5) is 0. The summed E-state index contributed by atoms with van der Waals surface area (Å²) in [5.41, 5.74) is 9.40. The highest BCUT2D eigenvalue weighted by atomic mass is 19.1. The van der Waals surface area contributed by atoms with Crippen LogP contribution in [0, 0.1) is 12.7 Å². The van der Waals surface area contributed by atoms with E-state index in [0.717, 1.165) is 33.5 Å². The average Bonchev–Trinajstić information content (AvgIpc) is 3.50. The Morgan fingerprint density at radius 1 is 0.450 bits per heavy atom. The Balaban J connectivity index is 1.41. The number of aromatic nitrogens is 2. The Kier molecular flexibility index (Phi) is 4.95. The molecule has 0 amide bonds. The molecule has 2 heterocycles. The summed E-state index contributed by atoms with van der Waals surface area (Å²) in [5.74, 6) is -0.208. The first-order valence-corrected chi connectivity index (χ1v) is 13.6. The molecule has 190 valence electrons. The Hall–Kier alpha value is -5.15. The molecular weight excluding hydrogens is 491 g/mol. The summed E-state index contributed by atoms with van der Waals surface area (Å²) in [7, 11) is 0. The van der Waals surface area contributed by atoms with Gasteiger partial charge in [0.05, 0.1) is 22.1 Å². The molecular formula is C37H25FN2. The fourth-order valence-electron chi connectivity index (χ4n) is 6.40. The van der Waals surface area contributed by atoms with Crippen molar-refractivity contribution in [2.24, 2.45) is 0 Å². The van der Waals surface area contributed by atoms with Crippen LogP contribution in [0.25, 0.3) is 66.1 Å². The molecule has 0 spiro atoms. The Morgan fingerprint density at radius 3 is 1.65 bits per heavy atom. The average molecular weight is 517 g/mol. The molecule has 2 aromatic heterocycles. The largest absolute Gasteiger partial charge is 0.309 e. The van der Waals surface area contributed by atoms with E-state index in [0.29, 0.717) is 5.56 Å². The van der Waals surface area contributed by atoms with Crippen molar-refractivity contribution in [1.82, 2.24) is 9.13 Å². The van der Waals surface area contributed by atoms with Gasteiger partial charge in [-0.1, -0.05) is 84.9 Å². The summed E-state index contributed by atoms with van der Waals surface area (Å²) in [6, 6.07) is 45.7. The quantitative estimate of drug-likeness (QED) is 0.221. The van der Waals surface area contributed by atoms with Gasteiger partial charge in [-0.15, -0.1) is 0 Å². The van der Waals surface area contributed by atoms with Gasteiger partial charge in [0.15, 0.2) is 0 Å². The van der Waals surface area contributed by atoms with Crippen LogP contribution in [0.5, 0.6) is 0 Å². The first-order chi connectivity index (χ1) is 19.7. The fraction of sp³-hybridized carbons (Fsp3) is 0.0270. The van der Waals surface area contributed by atoms with Crippen molar-refractivity contribution in [1.29, 1.82) is 0 Å². The highest BCUT2D eigenvalue weighted by Crippen LogP contribution is 2.38. The normalized spacial score (nSPS) is 11.8. The zero-order chi connectivity index (χ0) is 26.8. The molecule has 0 bridgehead atoms. The van der Waals surface area contributed by atoms with E-state index in [1.807, 2.05) is 24.3 Å². The molecule has 6 aromatic carbocycles. The minimum Gasteiger partial charge on any atom is -0.309 e. The zero-order valence-electron chi connectivity index (χ0n) is 22.0. The molecule has 3 heteroatoms. The third-order valence-electron chi connectivity index (χ3n) is 8.20. The molecule has 0 unspecified atom stereocenters. The minimum absolute atomic E-state index is 0.208. The lowest BCUT2D eigenvalue weighted by Gasteiger charge is -2.16. The van der Waals surface area contributed by atoms with Crippen molar-refractivity contribution < 1.29 is 4.39 Å². The number of benzene rings is 6. The maximum atomic E-state index is 14.8. The topological polar surface area (TPSA) is 9.86 Å². The number of hydrogen-bond acceptors (Lipinski definition) is 0. The molecule has 0 aliphatic carbocycles. The van der Waals surface area contributed by atoms with Crippen molar-refractivity contribution in [3.05, 3.63) is 145 Å². The predicted molar refractivity (Wildman–Crippen MR) is 165 cm³/mol. The molecule has 8 aromatic rings. The van der Waals surface area contributed by atoms with Crippen LogP contribution < -0.4 is 0 Å². The number of para-hydroxylation sites is 3. The van der Waals surface area contributed by atoms with Gasteiger partial charge in [0.1, 0.15) is 5.82 Å². The predicted octanol–water partition coefficient (Wildman–Crippen LogP) is 10.00. The van der Waals surface area contributed by atoms with Crippen molar-refractivity contribution in [2.45, 2.75) is 6.92 Å². The van der Waals surface area contributed by atoms with Crippen LogP contribution in [0.3, 0.4) is 0 Å². The third-order valence-corrected chi connectivity index (χ3v) is 8.20. The molecule has 0 saturated heterocycles. The summed E-state index contributed by atoms with van der Waals surface area (Å²) < 4.78 is 19.5. The minimum atomic E-state index is -0.208. The third kappa shape index (κ3) is 3.21. The summed E-state index contributed by atoms with van der Waals surface area (Å²) in [6.07, 6.45) is 0. The van der Waals surface area contributed by atoms with Gasteiger partial charge in [0, 0.05) is 38.5 Å². The SMILES string of the molecule is Cc1c(-c2ccccc2F)cccc1-n1c2ccccc2c2cc(-n3c4ccccc4c4ccccc43)ccc21. The molecule has 8 rings (SSSR count). The van der Waals surface area contributed by atoms with Gasteiger partial charge >= 0.3 is 0 Å². The van der Waals surface area contributed by atoms with E-state index < -0.39 is 0 Å². The van der Waals surface area contributed by atoms with Gasteiger partial charge in [-0.25, -0.2) is 4.39 Å². The van der Waals surface area contributed by atoms with E-state index in [9.17, 15) is 4.39 Å². The van der Waals surface area contributed by atoms with Gasteiger partial charge in [-0.05, 0) is 66.6 Å². The fourth-order valence-corrected chi connectivity index (χ4v) is 6.40. The van der Waals surface area contributed by atoms with Crippen LogP contribution in [0.4, 0.5) is 4.39 Å². The standard InChI is InChI=1S/C37H25FN2/c1-24-26(27-11-2-6-16-32(27)38)15-10-20-33(24)40-36-19-9-5-14-30(36)31-23-25(21-22-37(31)40)39-34-17-7-3-12-28(34)29-13-4-8-18-35(29)39/h2-23H,1H3. The van der Waals surface area contributed by atoms with Crippen LogP contribution in [0.1, 0.15) is 5.56 Å². The number of rotatable bonds is 3. The number of halogens is 1. The van der Waals surface area contributed by atoms with Gasteiger partial charge in [-0.3, -0.25) is 0 Å². The van der Waals surface area contributed by atoms with Gasteiger partial charge < -0.3 is 9.13 Å². The van der Waals surface area contributed by atoms with E-state index in [2.05, 4.69) is 113 Å². The van der Waals surface area contributed by atoms with E-state index in [-0.39, 0.29) is 5.82 Å². The van der Waals surface area contributed by atoms with E-state index in [1.54, 1.807) is 6.07 Å². The lowest BCUT2D eigenvalue weighted by molar-refractivity contribution is 0.631. The number of fused-ring (bicyclic) bond motifs is 6. The van der Waals surface area contributed by atoms with Crippen LogP contribution in [-0.4, -0.2) is 9.13 Å². The summed E-state index contributed by atoms with van der Waals surface area (Å²) in [5, 5.41) is 4.88. The van der Waals surface area contributed by atoms with E-state index in [4.69, 9.17) is 0 Å². The Labute approximate surface area is 231 Å². The molecule has 0 aliphatic rings. The molecule has 0 fully saturated rings. The second kappa shape index (κ2) is 8.69. The molecule has 40 heavy (non-hydrogen) atoms. The van der Waals surface area contributed by atoms with Gasteiger partial charge in [-0.2, -0.15) is 0 Å². The molecule has 0 aliphatic heterocycles. The van der Waals surface area contributed by atoms with Gasteiger partial charge in [0.2, 0.25) is 0 Å². The summed E-state index contributed by atoms with van der Waals surface area (Å²) in [6.45, 7) is 2.09. The monoisotopic (exact) mass is 516 g/mol. The maximum Gasteiger partial charge on any atom is 0.131 e. The molecule has 2 nitrogen and oxygen atoms in total. The van der Waals surface area contributed by atoms with Crippen molar-refractivity contribution in [3.63, 3.8) is 0 Å². The molecule has 0 atom stereocenters. The van der Waals surface area contributed by atoms with E-state index >= 15 is 0 Å². The first-order valence-electron chi connectivity index (χ1n) is 13.6. The van der Waals surface area contributed by atoms with Gasteiger partial charge in [0.25, 0.3) is 0 Å². The molecule has 0 radical (unpaired) electrons. The van der Waals surface area contributed by atoms with Crippen LogP contribution in [-0.2, 0) is 0 Å². The lowest BCUT2D eigenvalue weighted by atomic mass is 9.98. The Bertz CT molecular complexity index is 2200. The lowest BCUT2D eigenvalue weighted by Crippen LogP contribution is -1.99. The van der Waals surface area contributed by atoms with Crippen LogP contribution in [0.15, 0.2) is 133 Å². The van der Waals surface area contributed by atoms with E-state index in [1.165, 1.54) is 38.6 Å². The second-order valence-corrected chi connectivity index (χ2v) is 10.4. The number of nitrogens with zero attached hydrogens (tertiary/aromatic N) is 2. The zero-order valence-corrected chi connectivity index (χ0v) is 22.0. The second-order valence-electron chi connectivity index (χ2n) is 10.4. The smallest absolute Gasteiger partial charge is 0.131 e. The first kappa shape index (κ1) is 22.8. The Morgan fingerprint density at radius 2 is 0.975 bits per heavy atom. The van der Waals surface area contributed by atoms with Crippen molar-refractivity contribution in [3.8, 4) is 22.5 Å². The molecule has 0 N–H and O–H groups in total. The highest BCUT2D eigenvalue weighted by molar-refractivity contribution is 6.12. The van der Waals surface area contributed by atoms with Crippen LogP contribution >= 0.6 is 0 Å². The summed E-state index contributed by atoms with van der Waals surface area (Å²) >= 11 is 0. The highest BCUT2D eigenvalue weighted by Gasteiger charge is 2.18.